The van der Waals surface area contributed by atoms with Crippen LogP contribution >= 0.6 is 38.5 Å². The number of methoxy groups -OCH3 is 1. The maximum atomic E-state index is 12.0. The number of aromatic nitrogens is 10. The van der Waals surface area contributed by atoms with Gasteiger partial charge in [0.1, 0.15) is 69.7 Å². The van der Waals surface area contributed by atoms with Crippen molar-refractivity contribution in [2.75, 3.05) is 40.1 Å². The van der Waals surface area contributed by atoms with Gasteiger partial charge in [0, 0.05) is 75.2 Å². The van der Waals surface area contributed by atoms with Crippen molar-refractivity contribution in [3.05, 3.63) is 184 Å². The van der Waals surface area contributed by atoms with Crippen molar-refractivity contribution >= 4 is 82.8 Å². The van der Waals surface area contributed by atoms with E-state index in [0.29, 0.717) is 3.57 Å². The van der Waals surface area contributed by atoms with Crippen LogP contribution in [0.1, 0.15) is 85.5 Å². The van der Waals surface area contributed by atoms with Gasteiger partial charge >= 0.3 is 40.4 Å². The Morgan fingerprint density at radius 3 is 1.02 bits per heavy atom. The van der Waals surface area contributed by atoms with Gasteiger partial charge < -0.3 is 84.6 Å². The number of carboxylic acid groups (broad SMARTS) is 1. The largest absolute Gasteiger partial charge is 0.478 e. The number of nitrogens with zero attached hydrogens (tertiary/aromatic N) is 5. The van der Waals surface area contributed by atoms with E-state index < -0.39 is 175 Å². The SMILES string of the molecule is COC(=O)/C=C/c1cn([C@H]2C[C@@H](O)[C@@H](CO)O2)c(=O)[nH]c1=O.C[Si](C)(C)C#C/C=C/c1cn([C@H]2C[C@@H](O)[C@@H](CO)O2)c(=O)[nH]c1=O.O=C(O)/C=C/c1cn([C@H]2C[C@@H](O)[C@@H](CO)O2)c(=O)[nH]c1=O.O=c1[nH]c(=O)n([C@H]2C[C@@H](O)[C@@H](CO)O2)cc1/C=C/Br.O=c1[nH]c(=O)n([C@H]2C[C@@H](O)[C@@H](CO)O2)cc1I. The number of aromatic amines is 5. The summed E-state index contributed by atoms with van der Waals surface area (Å²) in [6.07, 6.45) is 3.94. The summed E-state index contributed by atoms with van der Waals surface area (Å²) in [5.74, 6) is 1.03. The summed E-state index contributed by atoms with van der Waals surface area (Å²) in [7, 11) is -0.300. The van der Waals surface area contributed by atoms with Crippen molar-refractivity contribution in [3.63, 3.8) is 0 Å². The van der Waals surface area contributed by atoms with Gasteiger partial charge in [-0.25, -0.2) is 33.6 Å². The van der Waals surface area contributed by atoms with Gasteiger partial charge in [-0.05, 0) is 58.0 Å². The van der Waals surface area contributed by atoms with Crippen LogP contribution < -0.4 is 56.2 Å². The maximum absolute atomic E-state index is 12.0. The fraction of sp³-hybridized carbons (Fsp3) is 0.475. The Hall–Kier alpha value is -8.31. The van der Waals surface area contributed by atoms with Gasteiger partial charge in [-0.2, -0.15) is 0 Å². The van der Waals surface area contributed by atoms with E-state index in [4.69, 9.17) is 54.3 Å². The van der Waals surface area contributed by atoms with Gasteiger partial charge in [0.2, 0.25) is 0 Å². The zero-order valence-corrected chi connectivity index (χ0v) is 59.7. The molecular weight excluding hydrogens is 1570 g/mol. The minimum atomic E-state index is -1.49. The molecule has 562 valence electrons. The highest BCUT2D eigenvalue weighted by molar-refractivity contribution is 14.1. The van der Waals surface area contributed by atoms with Crippen molar-refractivity contribution < 1.29 is 94.2 Å². The fourth-order valence-electron chi connectivity index (χ4n) is 10.1. The molecule has 39 nitrogen and oxygen atoms in total. The number of aliphatic hydroxyl groups is 10. The number of allylic oxidation sites excluding steroid dienone is 1. The molecule has 5 aromatic heterocycles. The highest BCUT2D eigenvalue weighted by atomic mass is 127. The molecule has 0 aliphatic carbocycles. The smallest absolute Gasteiger partial charge is 0.330 e. The van der Waals surface area contributed by atoms with E-state index >= 15 is 0 Å². The second-order valence-electron chi connectivity index (χ2n) is 23.9. The first kappa shape index (κ1) is 83.6. The Morgan fingerprint density at radius 2 is 0.757 bits per heavy atom. The van der Waals surface area contributed by atoms with Crippen LogP contribution in [-0.4, -0.2) is 225 Å². The molecule has 0 bridgehead atoms. The van der Waals surface area contributed by atoms with E-state index in [9.17, 15) is 83.1 Å². The second kappa shape index (κ2) is 38.4. The zero-order chi connectivity index (χ0) is 76.3. The number of carbonyl (C=O) groups excluding carboxylic acids is 1. The predicted molar refractivity (Wildman–Crippen MR) is 373 cm³/mol. The molecule has 0 radical (unpaired) electrons. The second-order valence-corrected chi connectivity index (χ2v) is 30.3. The van der Waals surface area contributed by atoms with Crippen LogP contribution in [-0.2, 0) is 38.0 Å². The van der Waals surface area contributed by atoms with Crippen molar-refractivity contribution in [2.45, 2.75) is 144 Å². The third-order valence-corrected chi connectivity index (χ3v) is 17.3. The van der Waals surface area contributed by atoms with Gasteiger partial charge in [-0.1, -0.05) is 41.5 Å². The molecule has 5 aliphatic rings. The van der Waals surface area contributed by atoms with Crippen LogP contribution in [0, 0.1) is 15.0 Å². The summed E-state index contributed by atoms with van der Waals surface area (Å²) >= 11 is 4.85. The molecule has 0 spiro atoms. The predicted octanol–water partition coefficient (Wildman–Crippen LogP) is -4.97. The number of aliphatic hydroxyl groups excluding tert-OH is 10. The normalized spacial score (nSPS) is 25.8. The number of halogens is 2. The van der Waals surface area contributed by atoms with Crippen LogP contribution in [0.25, 0.3) is 24.3 Å². The minimum Gasteiger partial charge on any atom is -0.478 e. The number of esters is 1. The number of aliphatic carboxylic acids is 1. The topological polar surface area (TPSA) is 586 Å². The number of carbonyl (C=O) groups is 2. The Bertz CT molecular complexity index is 4610. The molecule has 10 rings (SSSR count). The summed E-state index contributed by atoms with van der Waals surface area (Å²) in [4.78, 5) is 150. The quantitative estimate of drug-likeness (QED) is 0.0145. The number of ether oxygens (including phenoxy) is 6. The maximum Gasteiger partial charge on any atom is 0.330 e. The minimum absolute atomic E-state index is 0.0393. The zero-order valence-electron chi connectivity index (χ0n) is 55.0. The molecule has 5 saturated heterocycles. The fourth-order valence-corrected chi connectivity index (χ4v) is 11.3. The molecule has 103 heavy (non-hydrogen) atoms. The standard InChI is InChI=1S/C16H22N2O5Si.C13H16N2O7.C12H14N2O7.C11H13BrN2O5.C9H11IN2O5/c1-24(2,3)7-5-4-6-11-9-18(16(22)17-15(11)21)14-8-12(20)13(10-19)23-14;1-21-11(18)3-2-7-5-15(13(20)14-12(7)19)10-4-8(17)9(6-16)22-10;15-5-8-7(16)3-9(21-8)14-4-6(1-2-10(17)18)11(19)13-12(14)20;12-2-1-6-4-14(11(18)13-10(6)17)9-3-7(16)8(5-15)19-9;10-4-2-12(9(16)11-8(4)15)7-1-5(14)6(3-13)17-7/h4,6,9,12-14,19-20H,8,10H2,1-3H3,(H,17,21,22);2-3,5,8-10,16-17H,4,6H2,1H3,(H,14,19,20);1-2,4,7-9,15-16H,3,5H2,(H,17,18)(H,13,19,20);1-2,4,7-9,15-16H,3,5H2,(H,13,17,18);2,5-7,13-14H,1,3H2,(H,11,15,16)/b6-4+;3-2+;2*2-1+;/t12-,13-,14-;8-,9-,10-;2*7-,8-,9-;5-,6-,7-/m11111/s1. The molecule has 10 heterocycles. The van der Waals surface area contributed by atoms with E-state index in [1.165, 1.54) is 68.8 Å². The molecular formula is C61H76BrIN10O29Si. The number of carboxylic acids is 1. The van der Waals surface area contributed by atoms with Crippen molar-refractivity contribution in [2.24, 2.45) is 0 Å². The molecule has 0 saturated carbocycles. The summed E-state index contributed by atoms with van der Waals surface area (Å²) < 4.78 is 37.3. The third-order valence-electron chi connectivity index (χ3n) is 15.4. The molecule has 0 aromatic carbocycles. The van der Waals surface area contributed by atoms with Gasteiger partial charge in [0.15, 0.2) is 0 Å². The molecule has 0 unspecified atom stereocenters. The van der Waals surface area contributed by atoms with Gasteiger partial charge in [0.05, 0.1) is 96.5 Å². The first-order valence-electron chi connectivity index (χ1n) is 31.0. The van der Waals surface area contributed by atoms with E-state index in [1.54, 1.807) is 28.7 Å². The summed E-state index contributed by atoms with van der Waals surface area (Å²) in [5.41, 5.74) is -2.46. The Morgan fingerprint density at radius 1 is 0.485 bits per heavy atom. The number of hydrogen-bond donors (Lipinski definition) is 16. The number of hydrogen-bond acceptors (Lipinski definition) is 28. The molecule has 0 amide bonds. The Kier molecular flexibility index (Phi) is 31.2. The molecule has 42 heteroatoms. The molecule has 16 N–H and O–H groups in total. The number of H-pyrrole nitrogens is 5. The Labute approximate surface area is 601 Å². The van der Waals surface area contributed by atoms with Crippen molar-refractivity contribution in [3.8, 4) is 11.5 Å². The lowest BCUT2D eigenvalue weighted by atomic mass is 10.2. The highest BCUT2D eigenvalue weighted by Gasteiger charge is 2.39. The summed E-state index contributed by atoms with van der Waals surface area (Å²) in [6, 6.07) is 0. The lowest BCUT2D eigenvalue weighted by Gasteiger charge is -2.14. The third kappa shape index (κ3) is 23.1. The van der Waals surface area contributed by atoms with Crippen LogP contribution in [0.2, 0.25) is 19.6 Å². The van der Waals surface area contributed by atoms with Crippen LogP contribution in [0.4, 0.5) is 0 Å². The van der Waals surface area contributed by atoms with Gasteiger partial charge in [0.25, 0.3) is 27.8 Å². The van der Waals surface area contributed by atoms with Crippen LogP contribution in [0.5, 0.6) is 0 Å². The average molecular weight is 1650 g/mol. The summed E-state index contributed by atoms with van der Waals surface area (Å²) in [5, 5.41) is 102. The summed E-state index contributed by atoms with van der Waals surface area (Å²) in [6.45, 7) is 4.57. The van der Waals surface area contributed by atoms with Gasteiger partial charge in [-0.3, -0.25) is 71.7 Å². The Balaban J connectivity index is 0.000000203. The molecule has 5 fully saturated rings. The van der Waals surface area contributed by atoms with Crippen molar-refractivity contribution in [1.82, 2.24) is 47.8 Å². The first-order valence-corrected chi connectivity index (χ1v) is 36.5. The number of nitrogens with one attached hydrogen (secondary N) is 5. The first-order chi connectivity index (χ1) is 48.7. The average Bonchev–Trinajstić information content (AvgIpc) is 1.78. The van der Waals surface area contributed by atoms with Crippen LogP contribution in [0.3, 0.4) is 0 Å². The lowest BCUT2D eigenvalue weighted by Crippen LogP contribution is -2.33. The van der Waals surface area contributed by atoms with E-state index in [0.717, 1.165) is 33.6 Å². The van der Waals surface area contributed by atoms with Gasteiger partial charge in [-0.15, -0.1) is 5.54 Å². The monoisotopic (exact) mass is 1650 g/mol. The number of rotatable bonds is 16. The van der Waals surface area contributed by atoms with E-state index in [-0.39, 0.29) is 80.8 Å². The molecule has 5 aromatic rings. The van der Waals surface area contributed by atoms with Crippen LogP contribution in [0.15, 0.2) is 102 Å². The van der Waals surface area contributed by atoms with E-state index in [1.807, 2.05) is 4.98 Å². The van der Waals surface area contributed by atoms with E-state index in [2.05, 4.69) is 71.7 Å². The molecule has 5 aliphatic heterocycles. The molecule has 15 atom stereocenters. The van der Waals surface area contributed by atoms with Crippen molar-refractivity contribution in [1.29, 1.82) is 0 Å². The lowest BCUT2D eigenvalue weighted by molar-refractivity contribution is -0.135. The highest BCUT2D eigenvalue weighted by Crippen LogP contribution is 2.31.